The van der Waals surface area contributed by atoms with Gasteiger partial charge in [-0.2, -0.15) is 0 Å². The minimum Gasteiger partial charge on any atom is -0.478 e. The normalized spacial score (nSPS) is 9.95. The average molecular weight is 321 g/mol. The lowest BCUT2D eigenvalue weighted by Crippen LogP contribution is -2.15. The third-order valence-corrected chi connectivity index (χ3v) is 3.07. The highest BCUT2D eigenvalue weighted by Gasteiger charge is 2.16. The largest absolute Gasteiger partial charge is 0.478 e. The van der Waals surface area contributed by atoms with Crippen LogP contribution in [0.1, 0.15) is 20.7 Å². The van der Waals surface area contributed by atoms with E-state index in [-0.39, 0.29) is 11.3 Å². The second-order valence-electron chi connectivity index (χ2n) is 3.66. The van der Waals surface area contributed by atoms with Crippen LogP contribution in [0.25, 0.3) is 0 Å². The van der Waals surface area contributed by atoms with Gasteiger partial charge in [0.15, 0.2) is 0 Å². The number of nitrogens with zero attached hydrogens (tertiary/aromatic N) is 1. The zero-order valence-electron chi connectivity index (χ0n) is 9.63. The number of aromatic carboxylic acids is 1. The SMILES string of the molecule is O=C(Nc1c(Br)cccc1C(=O)O)c1cccnc1. The lowest BCUT2D eigenvalue weighted by Gasteiger charge is -2.10. The Morgan fingerprint density at radius 3 is 2.63 bits per heavy atom. The molecule has 0 aliphatic carbocycles. The first-order valence-corrected chi connectivity index (χ1v) is 6.12. The van der Waals surface area contributed by atoms with Gasteiger partial charge in [-0.3, -0.25) is 9.78 Å². The molecule has 0 aliphatic rings. The number of carbonyl (C=O) groups is 2. The van der Waals surface area contributed by atoms with Crippen molar-refractivity contribution in [1.82, 2.24) is 4.98 Å². The minimum absolute atomic E-state index is 0.0200. The molecule has 2 rings (SSSR count). The van der Waals surface area contributed by atoms with E-state index in [0.29, 0.717) is 10.0 Å². The Bertz CT molecular complexity index is 629. The van der Waals surface area contributed by atoms with Crippen LogP contribution in [-0.4, -0.2) is 22.0 Å². The van der Waals surface area contributed by atoms with Gasteiger partial charge in [-0.25, -0.2) is 4.79 Å². The molecule has 5 nitrogen and oxygen atoms in total. The van der Waals surface area contributed by atoms with Gasteiger partial charge in [0.2, 0.25) is 0 Å². The molecular formula is C13H9BrN2O3. The van der Waals surface area contributed by atoms with Crippen molar-refractivity contribution in [2.45, 2.75) is 0 Å². The maximum Gasteiger partial charge on any atom is 0.337 e. The van der Waals surface area contributed by atoms with Crippen LogP contribution >= 0.6 is 15.9 Å². The Balaban J connectivity index is 2.34. The van der Waals surface area contributed by atoms with Crippen molar-refractivity contribution in [2.75, 3.05) is 5.32 Å². The fraction of sp³-hybridized carbons (Fsp3) is 0. The van der Waals surface area contributed by atoms with Gasteiger partial charge in [-0.15, -0.1) is 0 Å². The number of amides is 1. The van der Waals surface area contributed by atoms with Crippen LogP contribution in [0.3, 0.4) is 0 Å². The molecule has 0 unspecified atom stereocenters. The van der Waals surface area contributed by atoms with Crippen LogP contribution in [0.4, 0.5) is 5.69 Å². The van der Waals surface area contributed by atoms with E-state index in [1.54, 1.807) is 30.5 Å². The fourth-order valence-electron chi connectivity index (χ4n) is 1.51. The summed E-state index contributed by atoms with van der Waals surface area (Å²) in [5.74, 6) is -1.52. The summed E-state index contributed by atoms with van der Waals surface area (Å²) in [7, 11) is 0. The highest BCUT2D eigenvalue weighted by molar-refractivity contribution is 9.10. The summed E-state index contributed by atoms with van der Waals surface area (Å²) in [6, 6.07) is 7.90. The van der Waals surface area contributed by atoms with Crippen LogP contribution in [0, 0.1) is 0 Å². The molecule has 1 aromatic carbocycles. The second kappa shape index (κ2) is 5.62. The molecule has 2 N–H and O–H groups in total. The van der Waals surface area contributed by atoms with Crippen molar-refractivity contribution in [1.29, 1.82) is 0 Å². The number of anilines is 1. The first-order chi connectivity index (χ1) is 9.09. The van der Waals surface area contributed by atoms with Crippen molar-refractivity contribution in [3.05, 3.63) is 58.3 Å². The van der Waals surface area contributed by atoms with E-state index in [2.05, 4.69) is 26.2 Å². The van der Waals surface area contributed by atoms with E-state index in [9.17, 15) is 9.59 Å². The molecule has 0 bridgehead atoms. The molecule has 2 aromatic rings. The van der Waals surface area contributed by atoms with Crippen LogP contribution in [-0.2, 0) is 0 Å². The van der Waals surface area contributed by atoms with E-state index in [1.807, 2.05) is 0 Å². The summed E-state index contributed by atoms with van der Waals surface area (Å²) in [4.78, 5) is 26.9. The molecule has 1 heterocycles. The predicted molar refractivity (Wildman–Crippen MR) is 73.3 cm³/mol. The first kappa shape index (κ1) is 13.2. The smallest absolute Gasteiger partial charge is 0.337 e. The molecule has 0 spiro atoms. The lowest BCUT2D eigenvalue weighted by atomic mass is 10.1. The van der Waals surface area contributed by atoms with Crippen LogP contribution in [0.15, 0.2) is 47.2 Å². The summed E-state index contributed by atoms with van der Waals surface area (Å²) in [6.07, 6.45) is 2.96. The number of carboxylic acid groups (broad SMARTS) is 1. The lowest BCUT2D eigenvalue weighted by molar-refractivity contribution is 0.0698. The molecule has 0 atom stereocenters. The monoisotopic (exact) mass is 320 g/mol. The van der Waals surface area contributed by atoms with Gasteiger partial charge < -0.3 is 10.4 Å². The first-order valence-electron chi connectivity index (χ1n) is 5.33. The third kappa shape index (κ3) is 2.97. The summed E-state index contributed by atoms with van der Waals surface area (Å²) in [5, 5.41) is 11.7. The highest BCUT2D eigenvalue weighted by atomic mass is 79.9. The van der Waals surface area contributed by atoms with Gasteiger partial charge in [0.1, 0.15) is 0 Å². The standard InChI is InChI=1S/C13H9BrN2O3/c14-10-5-1-4-9(13(18)19)11(10)16-12(17)8-3-2-6-15-7-8/h1-7H,(H,16,17)(H,18,19). The van der Waals surface area contributed by atoms with Crippen molar-refractivity contribution in [3.8, 4) is 0 Å². The summed E-state index contributed by atoms with van der Waals surface area (Å²) in [5.41, 5.74) is 0.602. The Morgan fingerprint density at radius 1 is 1.21 bits per heavy atom. The van der Waals surface area contributed by atoms with E-state index in [0.717, 1.165) is 0 Å². The van der Waals surface area contributed by atoms with Crippen molar-refractivity contribution in [2.24, 2.45) is 0 Å². The van der Waals surface area contributed by atoms with Gasteiger partial charge in [0, 0.05) is 16.9 Å². The number of carbonyl (C=O) groups excluding carboxylic acids is 1. The molecular weight excluding hydrogens is 312 g/mol. The predicted octanol–water partition coefficient (Wildman–Crippen LogP) is 2.79. The number of hydrogen-bond donors (Lipinski definition) is 2. The maximum atomic E-state index is 12.0. The van der Waals surface area contributed by atoms with Crippen molar-refractivity contribution >= 4 is 33.5 Å². The summed E-state index contributed by atoms with van der Waals surface area (Å²) >= 11 is 3.22. The molecule has 96 valence electrons. The molecule has 1 amide bonds. The fourth-order valence-corrected chi connectivity index (χ4v) is 1.98. The molecule has 1 aromatic heterocycles. The second-order valence-corrected chi connectivity index (χ2v) is 4.52. The quantitative estimate of drug-likeness (QED) is 0.911. The molecule has 19 heavy (non-hydrogen) atoms. The minimum atomic E-state index is -1.11. The van der Waals surface area contributed by atoms with Gasteiger partial charge in [-0.05, 0) is 40.2 Å². The highest BCUT2D eigenvalue weighted by Crippen LogP contribution is 2.27. The van der Waals surface area contributed by atoms with Crippen molar-refractivity contribution in [3.63, 3.8) is 0 Å². The number of carboxylic acids is 1. The Morgan fingerprint density at radius 2 is 2.00 bits per heavy atom. The average Bonchev–Trinajstić information content (AvgIpc) is 2.41. The van der Waals surface area contributed by atoms with E-state index in [1.165, 1.54) is 12.3 Å². The topological polar surface area (TPSA) is 79.3 Å². The third-order valence-electron chi connectivity index (χ3n) is 2.41. The van der Waals surface area contributed by atoms with Gasteiger partial charge in [0.05, 0.1) is 16.8 Å². The summed E-state index contributed by atoms with van der Waals surface area (Å²) in [6.45, 7) is 0. The van der Waals surface area contributed by atoms with E-state index < -0.39 is 11.9 Å². The molecule has 0 aliphatic heterocycles. The summed E-state index contributed by atoms with van der Waals surface area (Å²) < 4.78 is 0.504. The molecule has 0 radical (unpaired) electrons. The van der Waals surface area contributed by atoms with Gasteiger partial charge in [0.25, 0.3) is 5.91 Å². The number of pyridine rings is 1. The number of rotatable bonds is 3. The molecule has 0 saturated carbocycles. The van der Waals surface area contributed by atoms with Crippen LogP contribution in [0.2, 0.25) is 0 Å². The zero-order valence-corrected chi connectivity index (χ0v) is 11.2. The number of benzene rings is 1. The van der Waals surface area contributed by atoms with Gasteiger partial charge >= 0.3 is 5.97 Å². The van der Waals surface area contributed by atoms with Crippen molar-refractivity contribution < 1.29 is 14.7 Å². The Hall–Kier alpha value is -2.21. The number of halogens is 1. The molecule has 0 saturated heterocycles. The van der Waals surface area contributed by atoms with Crippen LogP contribution < -0.4 is 5.32 Å². The molecule has 0 fully saturated rings. The van der Waals surface area contributed by atoms with Gasteiger partial charge in [-0.1, -0.05) is 6.07 Å². The zero-order chi connectivity index (χ0) is 13.8. The number of aromatic nitrogens is 1. The van der Waals surface area contributed by atoms with E-state index in [4.69, 9.17) is 5.11 Å². The number of hydrogen-bond acceptors (Lipinski definition) is 3. The van der Waals surface area contributed by atoms with Crippen LogP contribution in [0.5, 0.6) is 0 Å². The molecule has 6 heteroatoms. The number of nitrogens with one attached hydrogen (secondary N) is 1. The van der Waals surface area contributed by atoms with E-state index >= 15 is 0 Å². The Kier molecular flexibility index (Phi) is 3.91. The Labute approximate surface area is 117 Å². The number of para-hydroxylation sites is 1. The maximum absolute atomic E-state index is 12.0.